The fourth-order valence-corrected chi connectivity index (χ4v) is 3.26. The Balaban J connectivity index is 1.96. The predicted molar refractivity (Wildman–Crippen MR) is 88.7 cm³/mol. The van der Waals surface area contributed by atoms with Gasteiger partial charge in [0.05, 0.1) is 16.5 Å². The Morgan fingerprint density at radius 3 is 2.58 bits per heavy atom. The van der Waals surface area contributed by atoms with Gasteiger partial charge in [0.25, 0.3) is 5.56 Å². The van der Waals surface area contributed by atoms with Crippen molar-refractivity contribution in [3.8, 4) is 6.07 Å². The number of rotatable bonds is 6. The molecule has 0 aliphatic rings. The molecule has 4 N–H and O–H groups in total. The average Bonchev–Trinajstić information content (AvgIpc) is 2.53. The smallest absolute Gasteiger partial charge is 0.255 e. The highest BCUT2D eigenvalue weighted by atomic mass is 32.2. The van der Waals surface area contributed by atoms with Crippen LogP contribution in [-0.4, -0.2) is 24.9 Å². The summed E-state index contributed by atoms with van der Waals surface area (Å²) < 4.78 is 26.7. The van der Waals surface area contributed by atoms with E-state index < -0.39 is 10.0 Å². The molecular formula is C15H17N5O3S. The molecule has 1 aromatic heterocycles. The van der Waals surface area contributed by atoms with Crippen molar-refractivity contribution in [2.75, 3.05) is 12.3 Å². The van der Waals surface area contributed by atoms with Crippen LogP contribution in [0.2, 0.25) is 0 Å². The van der Waals surface area contributed by atoms with Crippen LogP contribution in [0.5, 0.6) is 0 Å². The number of nitrogens with two attached hydrogens (primary N) is 1. The fourth-order valence-electron chi connectivity index (χ4n) is 2.19. The first kappa shape index (κ1) is 17.7. The van der Waals surface area contributed by atoms with Crippen LogP contribution in [0.25, 0.3) is 0 Å². The highest BCUT2D eigenvalue weighted by molar-refractivity contribution is 7.89. The number of aromatic amines is 1. The van der Waals surface area contributed by atoms with Crippen LogP contribution in [0, 0.1) is 18.3 Å². The highest BCUT2D eigenvalue weighted by Gasteiger charge is 2.13. The van der Waals surface area contributed by atoms with Crippen LogP contribution in [0.15, 0.2) is 34.0 Å². The number of nitrogen functional groups attached to an aromatic ring is 1. The van der Waals surface area contributed by atoms with Gasteiger partial charge in [-0.3, -0.25) is 9.78 Å². The monoisotopic (exact) mass is 347 g/mol. The molecule has 24 heavy (non-hydrogen) atoms. The average molecular weight is 347 g/mol. The number of sulfonamides is 1. The van der Waals surface area contributed by atoms with Crippen LogP contribution in [0.1, 0.15) is 23.2 Å². The third kappa shape index (κ3) is 4.18. The van der Waals surface area contributed by atoms with E-state index >= 15 is 0 Å². The third-order valence-electron chi connectivity index (χ3n) is 3.43. The number of nitrogens with zero attached hydrogens (tertiary/aromatic N) is 2. The molecule has 0 spiro atoms. The second-order valence-electron chi connectivity index (χ2n) is 5.15. The predicted octanol–water partition coefficient (Wildman–Crippen LogP) is 0.443. The first-order valence-corrected chi connectivity index (χ1v) is 8.67. The van der Waals surface area contributed by atoms with Gasteiger partial charge >= 0.3 is 0 Å². The van der Waals surface area contributed by atoms with Crippen molar-refractivity contribution in [1.29, 1.82) is 5.26 Å². The second kappa shape index (κ2) is 7.25. The van der Waals surface area contributed by atoms with E-state index in [1.807, 2.05) is 6.07 Å². The van der Waals surface area contributed by atoms with E-state index in [0.717, 1.165) is 0 Å². The number of benzene rings is 1. The number of H-pyrrole nitrogens is 1. The second-order valence-corrected chi connectivity index (χ2v) is 6.92. The number of hydrogen-bond acceptors (Lipinski definition) is 6. The number of anilines is 1. The van der Waals surface area contributed by atoms with Gasteiger partial charge in [-0.25, -0.2) is 18.1 Å². The number of hydrogen-bond donors (Lipinski definition) is 3. The Bertz CT molecular complexity index is 927. The summed E-state index contributed by atoms with van der Waals surface area (Å²) in [6, 6.07) is 7.56. The third-order valence-corrected chi connectivity index (χ3v) is 4.91. The number of nitriles is 1. The Kier molecular flexibility index (Phi) is 5.33. The molecule has 0 aliphatic carbocycles. The summed E-state index contributed by atoms with van der Waals surface area (Å²) in [5.41, 5.74) is 6.55. The molecule has 0 fully saturated rings. The molecule has 0 bridgehead atoms. The zero-order chi connectivity index (χ0) is 17.7. The standard InChI is InChI=1S/C15H17N5O3S/c1-10-13(14(21)20-15(17)19-10)3-2-8-18-24(22,23)12-6-4-11(9-16)5-7-12/h4-7,18H,2-3,8H2,1H3,(H3,17,19,20,21). The zero-order valence-corrected chi connectivity index (χ0v) is 13.9. The molecule has 2 rings (SSSR count). The molecule has 0 saturated heterocycles. The minimum atomic E-state index is -3.65. The Morgan fingerprint density at radius 2 is 2.00 bits per heavy atom. The summed E-state index contributed by atoms with van der Waals surface area (Å²) in [4.78, 5) is 18.3. The van der Waals surface area contributed by atoms with Gasteiger partial charge in [0, 0.05) is 17.8 Å². The van der Waals surface area contributed by atoms with E-state index in [9.17, 15) is 13.2 Å². The van der Waals surface area contributed by atoms with Gasteiger partial charge < -0.3 is 5.73 Å². The van der Waals surface area contributed by atoms with Crippen molar-refractivity contribution in [3.05, 3.63) is 51.4 Å². The van der Waals surface area contributed by atoms with Gasteiger partial charge in [-0.15, -0.1) is 0 Å². The maximum Gasteiger partial charge on any atom is 0.255 e. The van der Waals surface area contributed by atoms with Crippen LogP contribution in [0.3, 0.4) is 0 Å². The SMILES string of the molecule is Cc1nc(N)[nH]c(=O)c1CCCNS(=O)(=O)c1ccc(C#N)cc1. The molecule has 0 radical (unpaired) electrons. The molecule has 1 heterocycles. The molecule has 126 valence electrons. The molecule has 0 atom stereocenters. The van der Waals surface area contributed by atoms with Gasteiger partial charge in [0.1, 0.15) is 0 Å². The maximum atomic E-state index is 12.1. The van der Waals surface area contributed by atoms with Crippen molar-refractivity contribution >= 4 is 16.0 Å². The minimum absolute atomic E-state index is 0.0581. The van der Waals surface area contributed by atoms with Crippen LogP contribution in [-0.2, 0) is 16.4 Å². The van der Waals surface area contributed by atoms with Crippen LogP contribution < -0.4 is 16.0 Å². The van der Waals surface area contributed by atoms with Gasteiger partial charge in [0.15, 0.2) is 0 Å². The number of aromatic nitrogens is 2. The molecule has 0 amide bonds. The fraction of sp³-hybridized carbons (Fsp3) is 0.267. The molecule has 2 aromatic rings. The summed E-state index contributed by atoms with van der Waals surface area (Å²) in [5, 5.41) is 8.72. The lowest BCUT2D eigenvalue weighted by Crippen LogP contribution is -2.26. The van der Waals surface area contributed by atoms with E-state index in [-0.39, 0.29) is 22.9 Å². The highest BCUT2D eigenvalue weighted by Crippen LogP contribution is 2.10. The lowest BCUT2D eigenvalue weighted by molar-refractivity contribution is 0.579. The summed E-state index contributed by atoms with van der Waals surface area (Å²) in [6.45, 7) is 1.85. The Labute approximate surface area is 139 Å². The van der Waals surface area contributed by atoms with Gasteiger partial charge in [-0.05, 0) is 44.0 Å². The van der Waals surface area contributed by atoms with Crippen LogP contribution in [0.4, 0.5) is 5.95 Å². The molecule has 9 heteroatoms. The van der Waals surface area contributed by atoms with E-state index in [0.29, 0.717) is 29.7 Å². The van der Waals surface area contributed by atoms with Gasteiger partial charge in [-0.2, -0.15) is 5.26 Å². The molecule has 1 aromatic carbocycles. The van der Waals surface area contributed by atoms with E-state index in [1.54, 1.807) is 6.92 Å². The lowest BCUT2D eigenvalue weighted by Gasteiger charge is -2.08. The van der Waals surface area contributed by atoms with Crippen LogP contribution >= 0.6 is 0 Å². The summed E-state index contributed by atoms with van der Waals surface area (Å²) in [6.07, 6.45) is 0.815. The summed E-state index contributed by atoms with van der Waals surface area (Å²) in [7, 11) is -3.65. The maximum absolute atomic E-state index is 12.1. The summed E-state index contributed by atoms with van der Waals surface area (Å²) >= 11 is 0. The van der Waals surface area contributed by atoms with E-state index in [4.69, 9.17) is 11.0 Å². The van der Waals surface area contributed by atoms with Crippen molar-refractivity contribution in [2.45, 2.75) is 24.7 Å². The van der Waals surface area contributed by atoms with Gasteiger partial charge in [0.2, 0.25) is 16.0 Å². The Hall–Kier alpha value is -2.70. The molecule has 0 aliphatic heterocycles. The van der Waals surface area contributed by atoms with E-state index in [1.165, 1.54) is 24.3 Å². The molecule has 8 nitrogen and oxygen atoms in total. The molecule has 0 unspecified atom stereocenters. The zero-order valence-electron chi connectivity index (χ0n) is 13.0. The minimum Gasteiger partial charge on any atom is -0.369 e. The first-order valence-electron chi connectivity index (χ1n) is 7.18. The normalized spacial score (nSPS) is 11.2. The summed E-state index contributed by atoms with van der Waals surface area (Å²) in [5.74, 6) is 0.0581. The number of nitrogens with one attached hydrogen (secondary N) is 2. The number of aryl methyl sites for hydroxylation is 1. The van der Waals surface area contributed by atoms with Crippen molar-refractivity contribution in [1.82, 2.24) is 14.7 Å². The first-order chi connectivity index (χ1) is 11.3. The Morgan fingerprint density at radius 1 is 1.33 bits per heavy atom. The largest absolute Gasteiger partial charge is 0.369 e. The van der Waals surface area contributed by atoms with E-state index in [2.05, 4.69) is 14.7 Å². The van der Waals surface area contributed by atoms with Crippen molar-refractivity contribution < 1.29 is 8.42 Å². The van der Waals surface area contributed by atoms with Crippen molar-refractivity contribution in [3.63, 3.8) is 0 Å². The quantitative estimate of drug-likeness (QED) is 0.647. The molecular weight excluding hydrogens is 330 g/mol. The molecule has 0 saturated carbocycles. The lowest BCUT2D eigenvalue weighted by atomic mass is 10.1. The topological polar surface area (TPSA) is 142 Å². The van der Waals surface area contributed by atoms with Gasteiger partial charge in [-0.1, -0.05) is 0 Å². The van der Waals surface area contributed by atoms with Crippen molar-refractivity contribution in [2.24, 2.45) is 0 Å².